The minimum Gasteiger partial charge on any atom is -0.508 e. The third-order valence-electron chi connectivity index (χ3n) is 3.87. The van der Waals surface area contributed by atoms with Crippen LogP contribution in [0.25, 0.3) is 5.69 Å². The maximum Gasteiger partial charge on any atom is 0.234 e. The maximum absolute atomic E-state index is 12.4. The second-order valence-electron chi connectivity index (χ2n) is 5.69. The van der Waals surface area contributed by atoms with Crippen molar-refractivity contribution >= 4 is 23.4 Å². The predicted molar refractivity (Wildman–Crippen MR) is 101 cm³/mol. The van der Waals surface area contributed by atoms with Crippen molar-refractivity contribution in [3.63, 3.8) is 0 Å². The van der Waals surface area contributed by atoms with Crippen LogP contribution in [-0.4, -0.2) is 37.0 Å². The molecule has 0 atom stereocenters. The number of hydrogen-bond acceptors (Lipinski definition) is 6. The van der Waals surface area contributed by atoms with Crippen LogP contribution < -0.4 is 5.32 Å². The molecule has 2 N–H and O–H groups in total. The van der Waals surface area contributed by atoms with Crippen molar-refractivity contribution in [2.45, 2.75) is 25.4 Å². The van der Waals surface area contributed by atoms with Gasteiger partial charge >= 0.3 is 0 Å². The third kappa shape index (κ3) is 4.02. The standard InChI is InChI=1S/C18H19N5O2S/c1-3-13-6-4-5-12(2)17(13)19-16(25)11-26-18-20-21-22-23(18)14-7-9-15(24)10-8-14/h4-10,24H,3,11H2,1-2H3,(H,19,25). The van der Waals surface area contributed by atoms with E-state index in [1.807, 2.05) is 25.1 Å². The molecule has 0 aliphatic carbocycles. The van der Waals surface area contributed by atoms with Gasteiger partial charge in [0.15, 0.2) is 0 Å². The van der Waals surface area contributed by atoms with Crippen molar-refractivity contribution in [1.29, 1.82) is 0 Å². The number of rotatable bonds is 6. The zero-order valence-corrected chi connectivity index (χ0v) is 15.3. The Balaban J connectivity index is 1.68. The van der Waals surface area contributed by atoms with Gasteiger partial charge in [-0.25, -0.2) is 0 Å². The quantitative estimate of drug-likeness (QED) is 0.649. The molecule has 134 valence electrons. The molecule has 0 aliphatic heterocycles. The van der Waals surface area contributed by atoms with Crippen molar-refractivity contribution in [3.05, 3.63) is 53.6 Å². The summed E-state index contributed by atoms with van der Waals surface area (Å²) in [5.74, 6) is 0.246. The SMILES string of the molecule is CCc1cccc(C)c1NC(=O)CSc1nnnn1-c1ccc(O)cc1. The summed E-state index contributed by atoms with van der Waals surface area (Å²) in [4.78, 5) is 12.4. The molecule has 0 aliphatic rings. The Labute approximate surface area is 155 Å². The van der Waals surface area contributed by atoms with E-state index in [1.165, 1.54) is 16.4 Å². The number of nitrogens with zero attached hydrogens (tertiary/aromatic N) is 4. The summed E-state index contributed by atoms with van der Waals surface area (Å²) in [5.41, 5.74) is 3.73. The smallest absolute Gasteiger partial charge is 0.234 e. The summed E-state index contributed by atoms with van der Waals surface area (Å²) in [6.07, 6.45) is 0.851. The van der Waals surface area contributed by atoms with E-state index in [-0.39, 0.29) is 17.4 Å². The molecule has 8 heteroatoms. The average molecular weight is 369 g/mol. The number of aryl methyl sites for hydroxylation is 2. The van der Waals surface area contributed by atoms with Gasteiger partial charge in [-0.2, -0.15) is 4.68 Å². The number of nitrogens with one attached hydrogen (secondary N) is 1. The molecule has 0 saturated heterocycles. The van der Waals surface area contributed by atoms with Gasteiger partial charge in [0, 0.05) is 5.69 Å². The van der Waals surface area contributed by atoms with Crippen molar-refractivity contribution < 1.29 is 9.90 Å². The lowest BCUT2D eigenvalue weighted by Crippen LogP contribution is -2.16. The minimum atomic E-state index is -0.112. The molecule has 0 fully saturated rings. The number of amides is 1. The second-order valence-corrected chi connectivity index (χ2v) is 6.63. The first-order chi connectivity index (χ1) is 12.6. The molecular weight excluding hydrogens is 350 g/mol. The van der Waals surface area contributed by atoms with Crippen molar-refractivity contribution in [2.75, 3.05) is 11.1 Å². The second kappa shape index (κ2) is 8.01. The Hall–Kier alpha value is -2.87. The highest BCUT2D eigenvalue weighted by Gasteiger charge is 2.13. The largest absolute Gasteiger partial charge is 0.508 e. The highest BCUT2D eigenvalue weighted by molar-refractivity contribution is 7.99. The fourth-order valence-corrected chi connectivity index (χ4v) is 3.22. The van der Waals surface area contributed by atoms with Crippen LogP contribution >= 0.6 is 11.8 Å². The lowest BCUT2D eigenvalue weighted by atomic mass is 10.1. The molecular formula is C18H19N5O2S. The van der Waals surface area contributed by atoms with Crippen LogP contribution in [0.2, 0.25) is 0 Å². The molecule has 3 aromatic rings. The van der Waals surface area contributed by atoms with Crippen molar-refractivity contribution in [2.24, 2.45) is 0 Å². The van der Waals surface area contributed by atoms with Gasteiger partial charge in [-0.3, -0.25) is 4.79 Å². The van der Waals surface area contributed by atoms with Gasteiger partial charge in [-0.1, -0.05) is 36.9 Å². The molecule has 7 nitrogen and oxygen atoms in total. The Morgan fingerprint density at radius 3 is 2.73 bits per heavy atom. The van der Waals surface area contributed by atoms with Crippen LogP contribution in [0.4, 0.5) is 5.69 Å². The zero-order valence-electron chi connectivity index (χ0n) is 14.5. The van der Waals surface area contributed by atoms with Gasteiger partial charge in [-0.05, 0) is 59.2 Å². The van der Waals surface area contributed by atoms with Gasteiger partial charge in [-0.15, -0.1) is 5.10 Å². The van der Waals surface area contributed by atoms with Crippen LogP contribution in [0.1, 0.15) is 18.1 Å². The summed E-state index contributed by atoms with van der Waals surface area (Å²) < 4.78 is 1.53. The van der Waals surface area contributed by atoms with E-state index in [9.17, 15) is 9.90 Å². The van der Waals surface area contributed by atoms with Crippen LogP contribution in [0, 0.1) is 6.92 Å². The molecule has 3 rings (SSSR count). The van der Waals surface area contributed by atoms with E-state index in [1.54, 1.807) is 24.3 Å². The number of thioether (sulfide) groups is 1. The first-order valence-corrected chi connectivity index (χ1v) is 9.16. The van der Waals surface area contributed by atoms with Crippen LogP contribution in [0.5, 0.6) is 5.75 Å². The Bertz CT molecular complexity index is 908. The normalized spacial score (nSPS) is 10.7. The molecule has 26 heavy (non-hydrogen) atoms. The van der Waals surface area contributed by atoms with Gasteiger partial charge in [0.05, 0.1) is 11.4 Å². The number of phenolic OH excluding ortho intramolecular Hbond substituents is 1. The average Bonchev–Trinajstić information content (AvgIpc) is 3.11. The summed E-state index contributed by atoms with van der Waals surface area (Å²) in [6.45, 7) is 4.04. The zero-order chi connectivity index (χ0) is 18.5. The molecule has 1 amide bonds. The summed E-state index contributed by atoms with van der Waals surface area (Å²) in [5, 5.41) is 24.5. The number of hydrogen-bond donors (Lipinski definition) is 2. The maximum atomic E-state index is 12.4. The lowest BCUT2D eigenvalue weighted by Gasteiger charge is -2.12. The van der Waals surface area contributed by atoms with E-state index in [0.717, 1.165) is 23.2 Å². The Morgan fingerprint density at radius 2 is 2.00 bits per heavy atom. The Morgan fingerprint density at radius 1 is 1.23 bits per heavy atom. The third-order valence-corrected chi connectivity index (χ3v) is 4.79. The molecule has 1 aromatic heterocycles. The molecule has 0 radical (unpaired) electrons. The summed E-state index contributed by atoms with van der Waals surface area (Å²) in [6, 6.07) is 12.5. The summed E-state index contributed by atoms with van der Waals surface area (Å²) in [7, 11) is 0. The number of benzene rings is 2. The Kier molecular flexibility index (Phi) is 5.52. The van der Waals surface area contributed by atoms with E-state index in [4.69, 9.17) is 0 Å². The number of carbonyl (C=O) groups excluding carboxylic acids is 1. The molecule has 2 aromatic carbocycles. The predicted octanol–water partition coefficient (Wildman–Crippen LogP) is 2.97. The number of tetrazole rings is 1. The topological polar surface area (TPSA) is 92.9 Å². The minimum absolute atomic E-state index is 0.112. The number of aromatic nitrogens is 4. The molecule has 0 unspecified atom stereocenters. The highest BCUT2D eigenvalue weighted by atomic mass is 32.2. The number of aromatic hydroxyl groups is 1. The van der Waals surface area contributed by atoms with Crippen molar-refractivity contribution in [1.82, 2.24) is 20.2 Å². The molecule has 1 heterocycles. The number of phenols is 1. The number of anilines is 1. The molecule has 0 bridgehead atoms. The van der Waals surface area contributed by atoms with E-state index in [2.05, 4.69) is 27.8 Å². The van der Waals surface area contributed by atoms with Crippen LogP contribution in [0.15, 0.2) is 47.6 Å². The summed E-state index contributed by atoms with van der Waals surface area (Å²) >= 11 is 1.25. The fraction of sp³-hybridized carbons (Fsp3) is 0.222. The molecule has 0 spiro atoms. The van der Waals surface area contributed by atoms with Gasteiger partial charge < -0.3 is 10.4 Å². The van der Waals surface area contributed by atoms with Gasteiger partial charge in [0.2, 0.25) is 11.1 Å². The highest BCUT2D eigenvalue weighted by Crippen LogP contribution is 2.23. The van der Waals surface area contributed by atoms with Crippen molar-refractivity contribution in [3.8, 4) is 11.4 Å². The molecule has 0 saturated carbocycles. The lowest BCUT2D eigenvalue weighted by molar-refractivity contribution is -0.113. The number of para-hydroxylation sites is 1. The first-order valence-electron chi connectivity index (χ1n) is 8.17. The van der Waals surface area contributed by atoms with E-state index < -0.39 is 0 Å². The van der Waals surface area contributed by atoms with E-state index >= 15 is 0 Å². The van der Waals surface area contributed by atoms with E-state index in [0.29, 0.717) is 10.8 Å². The number of carbonyl (C=O) groups is 1. The first kappa shape index (κ1) is 17.9. The fourth-order valence-electron chi connectivity index (χ4n) is 2.53. The monoisotopic (exact) mass is 369 g/mol. The van der Waals surface area contributed by atoms with Gasteiger partial charge in [0.25, 0.3) is 0 Å². The van der Waals surface area contributed by atoms with Gasteiger partial charge in [0.1, 0.15) is 5.75 Å². The van der Waals surface area contributed by atoms with Crippen LogP contribution in [0.3, 0.4) is 0 Å². The van der Waals surface area contributed by atoms with Crippen LogP contribution in [-0.2, 0) is 11.2 Å².